The van der Waals surface area contributed by atoms with E-state index in [9.17, 15) is 14.4 Å². The Morgan fingerprint density at radius 3 is 2.63 bits per heavy atom. The summed E-state index contributed by atoms with van der Waals surface area (Å²) in [5.74, 6) is -0.205. The summed E-state index contributed by atoms with van der Waals surface area (Å²) in [6.45, 7) is 2.22. The molecule has 0 radical (unpaired) electrons. The van der Waals surface area contributed by atoms with Gasteiger partial charge in [-0.1, -0.05) is 41.6 Å². The predicted molar refractivity (Wildman–Crippen MR) is 108 cm³/mol. The average molecular weight is 401 g/mol. The minimum absolute atomic E-state index is 0.184. The molecule has 0 aliphatic carbocycles. The quantitative estimate of drug-likeness (QED) is 0.681. The SMILES string of the molecule is Cc1noc(-c2ccccc2)c1-c1ccc2c(c1)CN(C1CCC(=O)NC1=O)C2=O. The molecule has 1 saturated heterocycles. The highest BCUT2D eigenvalue weighted by molar-refractivity contribution is 6.05. The van der Waals surface area contributed by atoms with Crippen molar-refractivity contribution in [1.29, 1.82) is 0 Å². The predicted octanol–water partition coefficient (Wildman–Crippen LogP) is 3.08. The van der Waals surface area contributed by atoms with Crippen LogP contribution in [0.2, 0.25) is 0 Å². The van der Waals surface area contributed by atoms with E-state index in [2.05, 4.69) is 10.5 Å². The van der Waals surface area contributed by atoms with Gasteiger partial charge < -0.3 is 9.42 Å². The number of carbonyl (C=O) groups is 3. The summed E-state index contributed by atoms with van der Waals surface area (Å²) in [5.41, 5.74) is 4.91. The Hall–Kier alpha value is -3.74. The van der Waals surface area contributed by atoms with Crippen molar-refractivity contribution in [3.63, 3.8) is 0 Å². The van der Waals surface area contributed by atoms with Crippen LogP contribution < -0.4 is 5.32 Å². The maximum absolute atomic E-state index is 12.9. The molecule has 2 aromatic carbocycles. The fraction of sp³-hybridized carbons (Fsp3) is 0.217. The molecule has 0 bridgehead atoms. The number of imide groups is 1. The summed E-state index contributed by atoms with van der Waals surface area (Å²) < 4.78 is 5.60. The monoisotopic (exact) mass is 401 g/mol. The third kappa shape index (κ3) is 2.90. The molecular weight excluding hydrogens is 382 g/mol. The fourth-order valence-electron chi connectivity index (χ4n) is 4.23. The number of carbonyl (C=O) groups excluding carboxylic acids is 3. The lowest BCUT2D eigenvalue weighted by Crippen LogP contribution is -2.52. The number of nitrogens with zero attached hydrogens (tertiary/aromatic N) is 2. The molecule has 2 aliphatic rings. The summed E-state index contributed by atoms with van der Waals surface area (Å²) >= 11 is 0. The molecule has 7 heteroatoms. The Balaban J connectivity index is 1.50. The van der Waals surface area contributed by atoms with Crippen LogP contribution in [0, 0.1) is 6.92 Å². The van der Waals surface area contributed by atoms with E-state index in [4.69, 9.17) is 4.52 Å². The minimum atomic E-state index is -0.622. The Bertz CT molecular complexity index is 1180. The highest BCUT2D eigenvalue weighted by Gasteiger charge is 2.39. The first kappa shape index (κ1) is 18.3. The minimum Gasteiger partial charge on any atom is -0.355 e. The van der Waals surface area contributed by atoms with Crippen molar-refractivity contribution >= 4 is 17.7 Å². The normalized spacial score (nSPS) is 18.5. The Morgan fingerprint density at radius 2 is 1.87 bits per heavy atom. The van der Waals surface area contributed by atoms with Crippen LogP contribution in [-0.2, 0) is 16.1 Å². The van der Waals surface area contributed by atoms with E-state index in [1.807, 2.05) is 49.4 Å². The molecule has 30 heavy (non-hydrogen) atoms. The van der Waals surface area contributed by atoms with E-state index in [1.54, 1.807) is 11.0 Å². The molecular formula is C23H19N3O4. The van der Waals surface area contributed by atoms with Crippen molar-refractivity contribution in [3.8, 4) is 22.5 Å². The fourth-order valence-corrected chi connectivity index (χ4v) is 4.23. The second-order valence-corrected chi connectivity index (χ2v) is 7.61. The molecule has 5 rings (SSSR count). The van der Waals surface area contributed by atoms with Gasteiger partial charge in [-0.15, -0.1) is 0 Å². The van der Waals surface area contributed by atoms with Crippen LogP contribution in [0.1, 0.15) is 34.5 Å². The molecule has 3 amide bonds. The van der Waals surface area contributed by atoms with Gasteiger partial charge in [0, 0.05) is 24.1 Å². The van der Waals surface area contributed by atoms with E-state index in [0.29, 0.717) is 24.3 Å². The Morgan fingerprint density at radius 1 is 1.07 bits per heavy atom. The number of hydrogen-bond acceptors (Lipinski definition) is 5. The first-order chi connectivity index (χ1) is 14.5. The number of nitrogens with one attached hydrogen (secondary N) is 1. The van der Waals surface area contributed by atoms with Crippen LogP contribution in [-0.4, -0.2) is 33.8 Å². The first-order valence-corrected chi connectivity index (χ1v) is 9.82. The first-order valence-electron chi connectivity index (χ1n) is 9.82. The molecule has 150 valence electrons. The number of fused-ring (bicyclic) bond motifs is 1. The molecule has 0 saturated carbocycles. The largest absolute Gasteiger partial charge is 0.355 e. The van der Waals surface area contributed by atoms with Gasteiger partial charge >= 0.3 is 0 Å². The lowest BCUT2D eigenvalue weighted by molar-refractivity contribution is -0.136. The van der Waals surface area contributed by atoms with E-state index in [1.165, 1.54) is 0 Å². The van der Waals surface area contributed by atoms with Crippen molar-refractivity contribution in [2.24, 2.45) is 0 Å². The molecule has 1 aromatic heterocycles. The van der Waals surface area contributed by atoms with Crippen molar-refractivity contribution in [2.45, 2.75) is 32.4 Å². The number of rotatable bonds is 3. The van der Waals surface area contributed by atoms with Gasteiger partial charge in [-0.3, -0.25) is 19.7 Å². The number of piperidine rings is 1. The molecule has 3 heterocycles. The number of amides is 3. The topological polar surface area (TPSA) is 92.5 Å². The molecule has 7 nitrogen and oxygen atoms in total. The molecule has 1 N–H and O–H groups in total. The lowest BCUT2D eigenvalue weighted by Gasteiger charge is -2.29. The zero-order valence-corrected chi connectivity index (χ0v) is 16.3. The maximum Gasteiger partial charge on any atom is 0.255 e. The van der Waals surface area contributed by atoms with Gasteiger partial charge in [0.2, 0.25) is 11.8 Å². The summed E-state index contributed by atoms with van der Waals surface area (Å²) in [6.07, 6.45) is 0.586. The number of aromatic nitrogens is 1. The summed E-state index contributed by atoms with van der Waals surface area (Å²) in [7, 11) is 0. The molecule has 2 aliphatic heterocycles. The Kier molecular flexibility index (Phi) is 4.24. The number of hydrogen-bond donors (Lipinski definition) is 1. The van der Waals surface area contributed by atoms with Gasteiger partial charge in [0.1, 0.15) is 6.04 Å². The van der Waals surface area contributed by atoms with Crippen LogP contribution in [0.3, 0.4) is 0 Å². The Labute approximate surface area is 172 Å². The third-order valence-corrected chi connectivity index (χ3v) is 5.71. The van der Waals surface area contributed by atoms with Gasteiger partial charge in [0.05, 0.1) is 11.3 Å². The van der Waals surface area contributed by atoms with Crippen LogP contribution in [0.4, 0.5) is 0 Å². The highest BCUT2D eigenvalue weighted by atomic mass is 16.5. The lowest BCUT2D eigenvalue weighted by atomic mass is 9.97. The zero-order valence-electron chi connectivity index (χ0n) is 16.3. The smallest absolute Gasteiger partial charge is 0.255 e. The van der Waals surface area contributed by atoms with E-state index >= 15 is 0 Å². The second kappa shape index (κ2) is 6.95. The molecule has 1 unspecified atom stereocenters. The third-order valence-electron chi connectivity index (χ3n) is 5.71. The van der Waals surface area contributed by atoms with Crippen molar-refractivity contribution in [1.82, 2.24) is 15.4 Å². The van der Waals surface area contributed by atoms with E-state index < -0.39 is 11.9 Å². The maximum atomic E-state index is 12.9. The van der Waals surface area contributed by atoms with Crippen molar-refractivity contribution < 1.29 is 18.9 Å². The standard InChI is InChI=1S/C23H19N3O4/c1-13-20(21(30-25-13)14-5-3-2-4-6-14)15-7-8-17-16(11-15)12-26(23(17)29)18-9-10-19(27)24-22(18)28/h2-8,11,18H,9-10,12H2,1H3,(H,24,27,28). The summed E-state index contributed by atoms with van der Waals surface area (Å²) in [6, 6.07) is 14.8. The van der Waals surface area contributed by atoms with E-state index in [0.717, 1.165) is 27.9 Å². The van der Waals surface area contributed by atoms with Gasteiger partial charge in [-0.2, -0.15) is 0 Å². The highest BCUT2D eigenvalue weighted by Crippen LogP contribution is 2.37. The van der Waals surface area contributed by atoms with Crippen LogP contribution >= 0.6 is 0 Å². The van der Waals surface area contributed by atoms with Gasteiger partial charge in [-0.05, 0) is 36.6 Å². The number of benzene rings is 2. The molecule has 1 atom stereocenters. The molecule has 1 fully saturated rings. The summed E-state index contributed by atoms with van der Waals surface area (Å²) in [5, 5.41) is 6.47. The van der Waals surface area contributed by atoms with Crippen LogP contribution in [0.15, 0.2) is 53.1 Å². The summed E-state index contributed by atoms with van der Waals surface area (Å²) in [4.78, 5) is 38.1. The zero-order chi connectivity index (χ0) is 20.8. The second-order valence-electron chi connectivity index (χ2n) is 7.61. The van der Waals surface area contributed by atoms with Gasteiger partial charge in [0.25, 0.3) is 5.91 Å². The van der Waals surface area contributed by atoms with E-state index in [-0.39, 0.29) is 18.2 Å². The van der Waals surface area contributed by atoms with Crippen molar-refractivity contribution in [2.75, 3.05) is 0 Å². The number of aryl methyl sites for hydroxylation is 1. The van der Waals surface area contributed by atoms with Crippen LogP contribution in [0.25, 0.3) is 22.5 Å². The van der Waals surface area contributed by atoms with Gasteiger partial charge in [0.15, 0.2) is 5.76 Å². The molecule has 0 spiro atoms. The molecule has 3 aromatic rings. The van der Waals surface area contributed by atoms with Crippen molar-refractivity contribution in [3.05, 3.63) is 65.4 Å². The van der Waals surface area contributed by atoms with Gasteiger partial charge in [-0.25, -0.2) is 0 Å². The van der Waals surface area contributed by atoms with Crippen LogP contribution in [0.5, 0.6) is 0 Å². The average Bonchev–Trinajstić information content (AvgIpc) is 3.28.